The van der Waals surface area contributed by atoms with Gasteiger partial charge in [0.15, 0.2) is 17.1 Å². The molecular formula is C25H28N4OS2. The molecule has 1 atom stereocenters. The van der Waals surface area contributed by atoms with Crippen LogP contribution in [0.25, 0.3) is 10.6 Å². The van der Waals surface area contributed by atoms with Crippen LogP contribution in [0.5, 0.6) is 5.75 Å². The zero-order valence-corrected chi connectivity index (χ0v) is 20.8. The normalized spacial score (nSPS) is 12.2. The molecule has 4 aromatic rings. The Labute approximate surface area is 197 Å². The van der Waals surface area contributed by atoms with E-state index in [2.05, 4.69) is 84.2 Å². The van der Waals surface area contributed by atoms with Gasteiger partial charge in [-0.05, 0) is 63.4 Å². The van der Waals surface area contributed by atoms with Crippen LogP contribution < -0.4 is 4.74 Å². The fraction of sp³-hybridized carbons (Fsp3) is 0.320. The minimum atomic E-state index is -0.189. The van der Waals surface area contributed by atoms with Gasteiger partial charge in [0, 0.05) is 23.2 Å². The van der Waals surface area contributed by atoms with Crippen molar-refractivity contribution in [2.75, 3.05) is 0 Å². The lowest BCUT2D eigenvalue weighted by atomic mass is 10.1. The zero-order chi connectivity index (χ0) is 22.7. The Hall–Kier alpha value is -2.64. The van der Waals surface area contributed by atoms with E-state index in [0.717, 1.165) is 39.7 Å². The highest BCUT2D eigenvalue weighted by Crippen LogP contribution is 2.30. The van der Waals surface area contributed by atoms with Crippen molar-refractivity contribution in [1.29, 1.82) is 0 Å². The van der Waals surface area contributed by atoms with E-state index in [0.29, 0.717) is 0 Å². The highest BCUT2D eigenvalue weighted by atomic mass is 32.2. The summed E-state index contributed by atoms with van der Waals surface area (Å²) in [5.74, 6) is 2.45. The lowest BCUT2D eigenvalue weighted by Crippen LogP contribution is -2.12. The molecule has 2 heterocycles. The van der Waals surface area contributed by atoms with E-state index in [4.69, 9.17) is 9.72 Å². The highest BCUT2D eigenvalue weighted by Gasteiger charge is 2.19. The number of aryl methyl sites for hydroxylation is 3. The van der Waals surface area contributed by atoms with Crippen LogP contribution in [-0.4, -0.2) is 19.7 Å². The molecule has 32 heavy (non-hydrogen) atoms. The fourth-order valence-electron chi connectivity index (χ4n) is 3.50. The minimum Gasteiger partial charge on any atom is -0.483 e. The Morgan fingerprint density at radius 2 is 1.84 bits per heavy atom. The van der Waals surface area contributed by atoms with Gasteiger partial charge in [0.25, 0.3) is 0 Å². The number of hydrogen-bond donors (Lipinski definition) is 0. The van der Waals surface area contributed by atoms with Crippen molar-refractivity contribution in [3.63, 3.8) is 0 Å². The van der Waals surface area contributed by atoms with Gasteiger partial charge in [-0.15, -0.1) is 21.5 Å². The van der Waals surface area contributed by atoms with Gasteiger partial charge in [-0.3, -0.25) is 0 Å². The third-order valence-corrected chi connectivity index (χ3v) is 7.42. The van der Waals surface area contributed by atoms with Crippen molar-refractivity contribution in [2.45, 2.75) is 58.2 Å². The SMILES string of the molecule is CCn1c(SCc2csc(-c3ccccc3C)n2)nnc1C(C)Oc1ccc(C)c(C)c1. The molecule has 2 aromatic heterocycles. The first-order valence-electron chi connectivity index (χ1n) is 10.8. The second kappa shape index (κ2) is 9.88. The predicted octanol–water partition coefficient (Wildman–Crippen LogP) is 6.78. The number of thiazole rings is 1. The second-order valence-electron chi connectivity index (χ2n) is 7.84. The second-order valence-corrected chi connectivity index (χ2v) is 9.64. The smallest absolute Gasteiger partial charge is 0.191 e. The van der Waals surface area contributed by atoms with Gasteiger partial charge in [0.1, 0.15) is 10.8 Å². The quantitative estimate of drug-likeness (QED) is 0.269. The maximum Gasteiger partial charge on any atom is 0.191 e. The Kier molecular flexibility index (Phi) is 6.96. The molecule has 1 unspecified atom stereocenters. The zero-order valence-electron chi connectivity index (χ0n) is 19.1. The topological polar surface area (TPSA) is 52.8 Å². The standard InChI is InChI=1S/C25H28N4OS2/c1-6-29-23(19(5)30-21-12-11-16(2)18(4)13-21)27-28-25(29)32-15-20-14-31-24(26-20)22-10-8-7-9-17(22)3/h7-14,19H,6,15H2,1-5H3. The maximum atomic E-state index is 6.18. The van der Waals surface area contributed by atoms with Crippen LogP contribution in [0.3, 0.4) is 0 Å². The molecule has 166 valence electrons. The van der Waals surface area contributed by atoms with Gasteiger partial charge in [-0.1, -0.05) is 42.1 Å². The summed E-state index contributed by atoms with van der Waals surface area (Å²) in [6.07, 6.45) is -0.189. The van der Waals surface area contributed by atoms with Gasteiger partial charge in [0.05, 0.1) is 5.69 Å². The molecule has 0 aliphatic carbocycles. The Morgan fingerprint density at radius 1 is 1.03 bits per heavy atom. The number of nitrogens with zero attached hydrogens (tertiary/aromatic N) is 4. The third-order valence-electron chi connectivity index (χ3n) is 5.49. The molecule has 0 aliphatic rings. The molecular weight excluding hydrogens is 436 g/mol. The first-order chi connectivity index (χ1) is 15.5. The van der Waals surface area contributed by atoms with E-state index in [1.807, 2.05) is 13.0 Å². The Morgan fingerprint density at radius 3 is 2.59 bits per heavy atom. The van der Waals surface area contributed by atoms with E-state index in [1.54, 1.807) is 23.1 Å². The lowest BCUT2D eigenvalue weighted by Gasteiger charge is -2.16. The molecule has 0 amide bonds. The van der Waals surface area contributed by atoms with Crippen LogP contribution in [0.15, 0.2) is 53.0 Å². The van der Waals surface area contributed by atoms with E-state index in [9.17, 15) is 0 Å². The highest BCUT2D eigenvalue weighted by molar-refractivity contribution is 7.98. The number of rotatable bonds is 8. The number of hydrogen-bond acceptors (Lipinski definition) is 6. The molecule has 0 radical (unpaired) electrons. The van der Waals surface area contributed by atoms with Crippen LogP contribution >= 0.6 is 23.1 Å². The first-order valence-corrected chi connectivity index (χ1v) is 12.6. The minimum absolute atomic E-state index is 0.189. The predicted molar refractivity (Wildman–Crippen MR) is 133 cm³/mol. The average Bonchev–Trinajstić information content (AvgIpc) is 3.42. The molecule has 7 heteroatoms. The van der Waals surface area contributed by atoms with Gasteiger partial charge in [-0.2, -0.15) is 0 Å². The molecule has 5 nitrogen and oxygen atoms in total. The fourth-order valence-corrected chi connectivity index (χ4v) is 5.41. The van der Waals surface area contributed by atoms with Crippen molar-refractivity contribution < 1.29 is 4.74 Å². The van der Waals surface area contributed by atoms with Gasteiger partial charge >= 0.3 is 0 Å². The van der Waals surface area contributed by atoms with Crippen LogP contribution in [0.1, 0.15) is 48.2 Å². The van der Waals surface area contributed by atoms with Crippen LogP contribution in [0.2, 0.25) is 0 Å². The van der Waals surface area contributed by atoms with E-state index < -0.39 is 0 Å². The van der Waals surface area contributed by atoms with Crippen molar-refractivity contribution in [3.8, 4) is 16.3 Å². The molecule has 0 fully saturated rings. The van der Waals surface area contributed by atoms with Crippen LogP contribution in [0.4, 0.5) is 0 Å². The van der Waals surface area contributed by atoms with Gasteiger partial charge < -0.3 is 9.30 Å². The summed E-state index contributed by atoms with van der Waals surface area (Å²) in [7, 11) is 0. The summed E-state index contributed by atoms with van der Waals surface area (Å²) in [6.45, 7) is 11.2. The summed E-state index contributed by atoms with van der Waals surface area (Å²) < 4.78 is 8.31. The summed E-state index contributed by atoms with van der Waals surface area (Å²) in [5, 5.41) is 13.0. The number of ether oxygens (including phenoxy) is 1. The molecule has 0 aliphatic heterocycles. The summed E-state index contributed by atoms with van der Waals surface area (Å²) in [6, 6.07) is 14.5. The monoisotopic (exact) mass is 464 g/mol. The molecule has 4 rings (SSSR count). The van der Waals surface area contributed by atoms with Crippen LogP contribution in [0, 0.1) is 20.8 Å². The maximum absolute atomic E-state index is 6.18. The largest absolute Gasteiger partial charge is 0.483 e. The molecule has 0 saturated heterocycles. The molecule has 0 N–H and O–H groups in total. The van der Waals surface area contributed by atoms with Crippen molar-refractivity contribution >= 4 is 23.1 Å². The number of thioether (sulfide) groups is 1. The first kappa shape index (κ1) is 22.6. The Balaban J connectivity index is 1.45. The van der Waals surface area contributed by atoms with Gasteiger partial charge in [0.2, 0.25) is 0 Å². The summed E-state index contributed by atoms with van der Waals surface area (Å²) in [5.41, 5.74) is 5.98. The molecule has 0 saturated carbocycles. The van der Waals surface area contributed by atoms with E-state index >= 15 is 0 Å². The average molecular weight is 465 g/mol. The summed E-state index contributed by atoms with van der Waals surface area (Å²) >= 11 is 3.35. The van der Waals surface area contributed by atoms with Crippen LogP contribution in [-0.2, 0) is 12.3 Å². The summed E-state index contributed by atoms with van der Waals surface area (Å²) in [4.78, 5) is 4.84. The number of aromatic nitrogens is 4. The third kappa shape index (κ3) is 4.89. The van der Waals surface area contributed by atoms with Gasteiger partial charge in [-0.25, -0.2) is 4.98 Å². The van der Waals surface area contributed by atoms with Crippen molar-refractivity contribution in [3.05, 3.63) is 76.1 Å². The van der Waals surface area contributed by atoms with Crippen molar-refractivity contribution in [2.24, 2.45) is 0 Å². The van der Waals surface area contributed by atoms with E-state index in [1.165, 1.54) is 22.3 Å². The number of benzene rings is 2. The Bertz CT molecular complexity index is 1210. The lowest BCUT2D eigenvalue weighted by molar-refractivity contribution is 0.209. The van der Waals surface area contributed by atoms with E-state index in [-0.39, 0.29) is 6.10 Å². The molecule has 2 aromatic carbocycles. The molecule has 0 bridgehead atoms. The van der Waals surface area contributed by atoms with Crippen molar-refractivity contribution in [1.82, 2.24) is 19.7 Å². The molecule has 0 spiro atoms.